The number of halogens is 1. The number of benzene rings is 1. The minimum atomic E-state index is -0.0698. The first-order valence-electron chi connectivity index (χ1n) is 7.22. The number of imide groups is 1. The van der Waals surface area contributed by atoms with Crippen molar-refractivity contribution in [3.8, 4) is 0 Å². The molecule has 0 spiro atoms. The lowest BCUT2D eigenvalue weighted by molar-refractivity contribution is -0.123. The van der Waals surface area contributed by atoms with E-state index in [1.54, 1.807) is 12.1 Å². The van der Waals surface area contributed by atoms with Gasteiger partial charge < -0.3 is 0 Å². The normalized spacial score (nSPS) is 35.0. The number of carbonyl (C=O) groups excluding carboxylic acids is 2. The zero-order valence-electron chi connectivity index (χ0n) is 11.3. The van der Waals surface area contributed by atoms with Crippen LogP contribution in [-0.2, 0) is 9.59 Å². The lowest BCUT2D eigenvalue weighted by atomic mass is 9.81. The summed E-state index contributed by atoms with van der Waals surface area (Å²) in [7, 11) is 0. The Labute approximate surface area is 122 Å². The molecule has 20 heavy (non-hydrogen) atoms. The van der Waals surface area contributed by atoms with E-state index < -0.39 is 0 Å². The van der Waals surface area contributed by atoms with Gasteiger partial charge in [0.15, 0.2) is 0 Å². The van der Waals surface area contributed by atoms with E-state index in [1.165, 1.54) is 4.90 Å². The number of nitrogens with zero attached hydrogens (tertiary/aromatic N) is 1. The van der Waals surface area contributed by atoms with Crippen LogP contribution < -0.4 is 4.90 Å². The number of hydrogen-bond donors (Lipinski definition) is 0. The maximum atomic E-state index is 12.7. The van der Waals surface area contributed by atoms with E-state index in [9.17, 15) is 9.59 Å². The Hall–Kier alpha value is -1.35. The molecule has 3 nitrogen and oxygen atoms in total. The Morgan fingerprint density at radius 1 is 1.10 bits per heavy atom. The zero-order chi connectivity index (χ0) is 14.0. The Morgan fingerprint density at radius 3 is 2.30 bits per heavy atom. The van der Waals surface area contributed by atoms with Crippen molar-refractivity contribution in [2.75, 3.05) is 4.90 Å². The molecule has 2 amide bonds. The molecule has 3 fully saturated rings. The van der Waals surface area contributed by atoms with Gasteiger partial charge in [-0.25, -0.2) is 4.90 Å². The summed E-state index contributed by atoms with van der Waals surface area (Å²) in [5, 5.41) is 0.600. The van der Waals surface area contributed by atoms with Gasteiger partial charge in [0.25, 0.3) is 0 Å². The van der Waals surface area contributed by atoms with Gasteiger partial charge in [0.2, 0.25) is 11.8 Å². The van der Waals surface area contributed by atoms with Crippen molar-refractivity contribution in [3.05, 3.63) is 28.8 Å². The van der Waals surface area contributed by atoms with Gasteiger partial charge >= 0.3 is 0 Å². The van der Waals surface area contributed by atoms with Gasteiger partial charge in [-0.05, 0) is 55.7 Å². The maximum absolute atomic E-state index is 12.7. The van der Waals surface area contributed by atoms with Crippen molar-refractivity contribution < 1.29 is 9.59 Å². The Bertz CT molecular complexity index is 599. The van der Waals surface area contributed by atoms with E-state index >= 15 is 0 Å². The molecule has 104 valence electrons. The van der Waals surface area contributed by atoms with Crippen LogP contribution in [0.5, 0.6) is 0 Å². The topological polar surface area (TPSA) is 37.4 Å². The molecule has 1 aliphatic heterocycles. The van der Waals surface area contributed by atoms with E-state index in [2.05, 4.69) is 0 Å². The van der Waals surface area contributed by atoms with Crippen molar-refractivity contribution >= 4 is 29.1 Å². The number of rotatable bonds is 1. The van der Waals surface area contributed by atoms with Crippen molar-refractivity contribution in [1.29, 1.82) is 0 Å². The summed E-state index contributed by atoms with van der Waals surface area (Å²) in [6.45, 7) is 1.86. The van der Waals surface area contributed by atoms with Crippen LogP contribution in [-0.4, -0.2) is 11.8 Å². The second kappa shape index (κ2) is 4.08. The molecular formula is C16H16ClNO2. The van der Waals surface area contributed by atoms with Crippen LogP contribution in [0.25, 0.3) is 0 Å². The minimum absolute atomic E-state index is 0.00225. The molecule has 1 heterocycles. The van der Waals surface area contributed by atoms with E-state index in [-0.39, 0.29) is 23.7 Å². The van der Waals surface area contributed by atoms with E-state index in [0.717, 1.165) is 24.8 Å². The number of amides is 2. The second-order valence-corrected chi connectivity index (χ2v) is 6.69. The first-order chi connectivity index (χ1) is 9.59. The van der Waals surface area contributed by atoms with Gasteiger partial charge in [-0.2, -0.15) is 0 Å². The average molecular weight is 290 g/mol. The monoisotopic (exact) mass is 289 g/mol. The van der Waals surface area contributed by atoms with Crippen LogP contribution in [0.1, 0.15) is 24.8 Å². The van der Waals surface area contributed by atoms with Crippen LogP contribution in [0.4, 0.5) is 5.69 Å². The highest BCUT2D eigenvalue weighted by molar-refractivity contribution is 6.32. The van der Waals surface area contributed by atoms with Gasteiger partial charge in [0, 0.05) is 5.02 Å². The molecule has 1 aromatic carbocycles. The van der Waals surface area contributed by atoms with Crippen LogP contribution in [0.15, 0.2) is 18.2 Å². The highest BCUT2D eigenvalue weighted by atomic mass is 35.5. The third-order valence-corrected chi connectivity index (χ3v) is 5.82. The molecule has 4 rings (SSSR count). The maximum Gasteiger partial charge on any atom is 0.237 e. The summed E-state index contributed by atoms with van der Waals surface area (Å²) in [5.74, 6) is 0.700. The minimum Gasteiger partial charge on any atom is -0.274 e. The molecule has 1 saturated heterocycles. The lowest BCUT2D eigenvalue weighted by Gasteiger charge is -2.19. The number of hydrogen-bond acceptors (Lipinski definition) is 2. The average Bonchev–Trinajstić information content (AvgIpc) is 3.09. The molecule has 2 saturated carbocycles. The summed E-state index contributed by atoms with van der Waals surface area (Å²) in [4.78, 5) is 26.8. The summed E-state index contributed by atoms with van der Waals surface area (Å²) >= 11 is 6.13. The van der Waals surface area contributed by atoms with Crippen LogP contribution in [0.2, 0.25) is 5.02 Å². The van der Waals surface area contributed by atoms with Gasteiger partial charge in [-0.1, -0.05) is 17.7 Å². The summed E-state index contributed by atoms with van der Waals surface area (Å²) in [6.07, 6.45) is 3.27. The lowest BCUT2D eigenvalue weighted by Crippen LogP contribution is -2.33. The smallest absolute Gasteiger partial charge is 0.237 e. The SMILES string of the molecule is Cc1c(Cl)cccc1N1C(=O)[C@H]2[C@H]3CC[C@@H](C3)[C@@H]2C1=O. The molecule has 0 aromatic heterocycles. The van der Waals surface area contributed by atoms with Gasteiger partial charge in [0.05, 0.1) is 17.5 Å². The van der Waals surface area contributed by atoms with Crippen molar-refractivity contribution in [2.45, 2.75) is 26.2 Å². The third kappa shape index (κ3) is 1.42. The van der Waals surface area contributed by atoms with E-state index in [0.29, 0.717) is 22.5 Å². The molecule has 0 unspecified atom stereocenters. The molecule has 2 bridgehead atoms. The van der Waals surface area contributed by atoms with Gasteiger partial charge in [-0.15, -0.1) is 0 Å². The summed E-state index contributed by atoms with van der Waals surface area (Å²) in [5.41, 5.74) is 1.48. The van der Waals surface area contributed by atoms with E-state index in [1.807, 2.05) is 13.0 Å². The van der Waals surface area contributed by atoms with Crippen LogP contribution in [0.3, 0.4) is 0 Å². The predicted octanol–water partition coefficient (Wildman–Crippen LogP) is 3.18. The molecule has 1 aromatic rings. The second-order valence-electron chi connectivity index (χ2n) is 6.28. The summed E-state index contributed by atoms with van der Waals surface area (Å²) < 4.78 is 0. The fraction of sp³-hybridized carbons (Fsp3) is 0.500. The predicted molar refractivity (Wildman–Crippen MR) is 76.5 cm³/mol. The fourth-order valence-electron chi connectivity index (χ4n) is 4.48. The van der Waals surface area contributed by atoms with Crippen LogP contribution in [0, 0.1) is 30.6 Å². The van der Waals surface area contributed by atoms with Crippen molar-refractivity contribution in [1.82, 2.24) is 0 Å². The van der Waals surface area contributed by atoms with Crippen molar-refractivity contribution in [3.63, 3.8) is 0 Å². The first-order valence-corrected chi connectivity index (χ1v) is 7.60. The summed E-state index contributed by atoms with van der Waals surface area (Å²) in [6, 6.07) is 5.41. The number of carbonyl (C=O) groups is 2. The molecule has 3 aliphatic rings. The molecular weight excluding hydrogens is 274 g/mol. The standard InChI is InChI=1S/C16H16ClNO2/c1-8-11(17)3-2-4-12(8)18-15(19)13-9-5-6-10(7-9)14(13)16(18)20/h2-4,9-10,13-14H,5-7H2,1H3/t9-,10-,13-,14-/m0/s1. The van der Waals surface area contributed by atoms with Gasteiger partial charge in [0.1, 0.15) is 0 Å². The Balaban J connectivity index is 1.79. The highest BCUT2D eigenvalue weighted by Gasteiger charge is 2.61. The molecule has 0 radical (unpaired) electrons. The fourth-order valence-corrected chi connectivity index (χ4v) is 4.65. The molecule has 4 atom stereocenters. The van der Waals surface area contributed by atoms with Crippen molar-refractivity contribution in [2.24, 2.45) is 23.7 Å². The molecule has 4 heteroatoms. The molecule has 0 N–H and O–H groups in total. The number of anilines is 1. The largest absolute Gasteiger partial charge is 0.274 e. The van der Waals surface area contributed by atoms with Gasteiger partial charge in [-0.3, -0.25) is 9.59 Å². The van der Waals surface area contributed by atoms with E-state index in [4.69, 9.17) is 11.6 Å². The number of fused-ring (bicyclic) bond motifs is 5. The Morgan fingerprint density at radius 2 is 1.70 bits per heavy atom. The zero-order valence-corrected chi connectivity index (χ0v) is 12.1. The molecule has 2 aliphatic carbocycles. The quantitative estimate of drug-likeness (QED) is 0.745. The Kier molecular flexibility index (Phi) is 2.53. The third-order valence-electron chi connectivity index (χ3n) is 5.41. The highest BCUT2D eigenvalue weighted by Crippen LogP contribution is 2.56. The van der Waals surface area contributed by atoms with Crippen LogP contribution >= 0.6 is 11.6 Å². The first kappa shape index (κ1) is 12.4.